The molecule has 2 unspecified atom stereocenters. The van der Waals surface area contributed by atoms with Crippen LogP contribution in [0.2, 0.25) is 0 Å². The summed E-state index contributed by atoms with van der Waals surface area (Å²) in [6.45, 7) is 3.56. The molecule has 1 aromatic rings. The number of nitrogens with one attached hydrogen (secondary N) is 1. The van der Waals surface area contributed by atoms with Gasteiger partial charge in [-0.25, -0.2) is 4.68 Å². The molecule has 0 saturated carbocycles. The Balaban J connectivity index is 2.19. The first kappa shape index (κ1) is 9.54. The van der Waals surface area contributed by atoms with Gasteiger partial charge in [0.25, 0.3) is 0 Å². The normalized spacial score (nSPS) is 24.0. The SMILES string of the molecule is CNC(C)c1nnnn1C1CCOC1. The molecule has 6 nitrogen and oxygen atoms in total. The topological polar surface area (TPSA) is 64.9 Å². The summed E-state index contributed by atoms with van der Waals surface area (Å²) < 4.78 is 7.18. The number of tetrazole rings is 1. The summed E-state index contributed by atoms with van der Waals surface area (Å²) in [6.07, 6.45) is 0.995. The maximum absolute atomic E-state index is 5.31. The zero-order valence-corrected chi connectivity index (χ0v) is 8.47. The summed E-state index contributed by atoms with van der Waals surface area (Å²) >= 11 is 0. The summed E-state index contributed by atoms with van der Waals surface area (Å²) in [7, 11) is 1.90. The molecule has 0 radical (unpaired) electrons. The van der Waals surface area contributed by atoms with Crippen LogP contribution in [0.15, 0.2) is 0 Å². The first-order valence-electron chi connectivity index (χ1n) is 4.85. The molecular formula is C8H15N5O. The van der Waals surface area contributed by atoms with Gasteiger partial charge >= 0.3 is 0 Å². The third kappa shape index (κ3) is 1.62. The van der Waals surface area contributed by atoms with Gasteiger partial charge in [-0.2, -0.15) is 0 Å². The first-order valence-corrected chi connectivity index (χ1v) is 4.85. The molecular weight excluding hydrogens is 182 g/mol. The highest BCUT2D eigenvalue weighted by Crippen LogP contribution is 2.20. The molecule has 2 atom stereocenters. The maximum atomic E-state index is 5.31. The maximum Gasteiger partial charge on any atom is 0.168 e. The van der Waals surface area contributed by atoms with Crippen LogP contribution in [0.3, 0.4) is 0 Å². The van der Waals surface area contributed by atoms with Gasteiger partial charge in [0.1, 0.15) is 0 Å². The van der Waals surface area contributed by atoms with Crippen molar-refractivity contribution in [2.75, 3.05) is 20.3 Å². The van der Waals surface area contributed by atoms with Crippen LogP contribution in [0, 0.1) is 0 Å². The summed E-state index contributed by atoms with van der Waals surface area (Å²) in [6, 6.07) is 0.474. The van der Waals surface area contributed by atoms with Gasteiger partial charge in [0.05, 0.1) is 18.7 Å². The predicted molar refractivity (Wildman–Crippen MR) is 49.8 cm³/mol. The van der Waals surface area contributed by atoms with E-state index in [1.54, 1.807) is 0 Å². The third-order valence-corrected chi connectivity index (χ3v) is 2.59. The monoisotopic (exact) mass is 197 g/mol. The summed E-state index contributed by atoms with van der Waals surface area (Å²) in [5.41, 5.74) is 0. The second-order valence-electron chi connectivity index (χ2n) is 3.51. The number of hydrogen-bond donors (Lipinski definition) is 1. The van der Waals surface area contributed by atoms with Crippen LogP contribution >= 0.6 is 0 Å². The Morgan fingerprint density at radius 1 is 1.64 bits per heavy atom. The van der Waals surface area contributed by atoms with E-state index in [9.17, 15) is 0 Å². The fraction of sp³-hybridized carbons (Fsp3) is 0.875. The molecule has 0 aromatic carbocycles. The predicted octanol–water partition coefficient (Wildman–Crippen LogP) is -0.0851. The number of ether oxygens (including phenoxy) is 1. The average molecular weight is 197 g/mol. The molecule has 1 saturated heterocycles. The second kappa shape index (κ2) is 4.02. The minimum atomic E-state index is 0.172. The van der Waals surface area contributed by atoms with E-state index >= 15 is 0 Å². The Kier molecular flexibility index (Phi) is 2.74. The molecule has 6 heteroatoms. The molecule has 78 valence electrons. The zero-order valence-electron chi connectivity index (χ0n) is 8.47. The highest BCUT2D eigenvalue weighted by molar-refractivity contribution is 4.92. The molecule has 1 aliphatic rings. The van der Waals surface area contributed by atoms with Crippen LogP contribution in [0.1, 0.15) is 31.3 Å². The van der Waals surface area contributed by atoms with E-state index < -0.39 is 0 Å². The molecule has 1 fully saturated rings. The van der Waals surface area contributed by atoms with E-state index in [1.165, 1.54) is 0 Å². The summed E-state index contributed by atoms with van der Waals surface area (Å²) in [5.74, 6) is 0.878. The molecule has 1 aliphatic heterocycles. The van der Waals surface area contributed by atoms with E-state index in [4.69, 9.17) is 4.74 Å². The summed E-state index contributed by atoms with van der Waals surface area (Å²) in [4.78, 5) is 0. The molecule has 2 heterocycles. The zero-order chi connectivity index (χ0) is 9.97. The van der Waals surface area contributed by atoms with Crippen molar-refractivity contribution in [3.8, 4) is 0 Å². The van der Waals surface area contributed by atoms with Crippen molar-refractivity contribution in [2.45, 2.75) is 25.4 Å². The lowest BCUT2D eigenvalue weighted by atomic mass is 10.2. The lowest BCUT2D eigenvalue weighted by Crippen LogP contribution is -2.21. The van der Waals surface area contributed by atoms with Crippen molar-refractivity contribution < 1.29 is 4.74 Å². The number of aromatic nitrogens is 4. The minimum absolute atomic E-state index is 0.172. The van der Waals surface area contributed by atoms with Gasteiger partial charge in [0.15, 0.2) is 5.82 Å². The van der Waals surface area contributed by atoms with Crippen LogP contribution in [0.25, 0.3) is 0 Å². The van der Waals surface area contributed by atoms with Crippen LogP contribution in [0.5, 0.6) is 0 Å². The Bertz CT molecular complexity index is 294. The van der Waals surface area contributed by atoms with Crippen LogP contribution in [-0.4, -0.2) is 40.5 Å². The highest BCUT2D eigenvalue weighted by atomic mass is 16.5. The molecule has 2 rings (SSSR count). The summed E-state index contributed by atoms with van der Waals surface area (Å²) in [5, 5.41) is 14.8. The molecule has 1 N–H and O–H groups in total. The number of rotatable bonds is 3. The van der Waals surface area contributed by atoms with Gasteiger partial charge < -0.3 is 10.1 Å². The lowest BCUT2D eigenvalue weighted by molar-refractivity contribution is 0.183. The molecule has 1 aromatic heterocycles. The second-order valence-corrected chi connectivity index (χ2v) is 3.51. The fourth-order valence-corrected chi connectivity index (χ4v) is 1.59. The number of nitrogens with zero attached hydrogens (tertiary/aromatic N) is 4. The Morgan fingerprint density at radius 2 is 2.50 bits per heavy atom. The quantitative estimate of drug-likeness (QED) is 0.734. The van der Waals surface area contributed by atoms with Crippen LogP contribution in [-0.2, 0) is 4.74 Å². The smallest absolute Gasteiger partial charge is 0.168 e. The first-order chi connectivity index (χ1) is 6.83. The lowest BCUT2D eigenvalue weighted by Gasteiger charge is -2.13. The van der Waals surface area contributed by atoms with E-state index in [2.05, 4.69) is 20.8 Å². The van der Waals surface area contributed by atoms with Gasteiger partial charge in [-0.05, 0) is 30.8 Å². The van der Waals surface area contributed by atoms with E-state index in [1.807, 2.05) is 18.7 Å². The molecule has 0 bridgehead atoms. The number of hydrogen-bond acceptors (Lipinski definition) is 5. The van der Waals surface area contributed by atoms with Crippen LogP contribution in [0.4, 0.5) is 0 Å². The van der Waals surface area contributed by atoms with Gasteiger partial charge in [0.2, 0.25) is 0 Å². The Morgan fingerprint density at radius 3 is 3.14 bits per heavy atom. The standard InChI is InChI=1S/C8H15N5O/c1-6(9-2)8-10-11-12-13(8)7-3-4-14-5-7/h6-7,9H,3-5H2,1-2H3. The largest absolute Gasteiger partial charge is 0.379 e. The van der Waals surface area contributed by atoms with E-state index in [0.717, 1.165) is 18.9 Å². The van der Waals surface area contributed by atoms with Gasteiger partial charge in [-0.1, -0.05) is 0 Å². The third-order valence-electron chi connectivity index (χ3n) is 2.59. The van der Waals surface area contributed by atoms with Crippen LogP contribution < -0.4 is 5.32 Å². The van der Waals surface area contributed by atoms with Gasteiger partial charge in [-0.3, -0.25) is 0 Å². The van der Waals surface area contributed by atoms with E-state index in [-0.39, 0.29) is 6.04 Å². The van der Waals surface area contributed by atoms with Crippen molar-refractivity contribution in [3.63, 3.8) is 0 Å². The Labute approximate surface area is 82.6 Å². The highest BCUT2D eigenvalue weighted by Gasteiger charge is 2.23. The molecule has 0 amide bonds. The molecule has 14 heavy (non-hydrogen) atoms. The molecule has 0 aliphatic carbocycles. The van der Waals surface area contributed by atoms with Crippen molar-refractivity contribution in [2.24, 2.45) is 0 Å². The van der Waals surface area contributed by atoms with Crippen molar-refractivity contribution in [1.82, 2.24) is 25.5 Å². The van der Waals surface area contributed by atoms with Crippen molar-refractivity contribution in [1.29, 1.82) is 0 Å². The fourth-order valence-electron chi connectivity index (χ4n) is 1.59. The van der Waals surface area contributed by atoms with Crippen molar-refractivity contribution >= 4 is 0 Å². The van der Waals surface area contributed by atoms with Crippen molar-refractivity contribution in [3.05, 3.63) is 5.82 Å². The average Bonchev–Trinajstić information content (AvgIpc) is 2.85. The van der Waals surface area contributed by atoms with E-state index in [0.29, 0.717) is 12.6 Å². The molecule has 0 spiro atoms. The van der Waals surface area contributed by atoms with Gasteiger partial charge in [0, 0.05) is 6.61 Å². The van der Waals surface area contributed by atoms with Gasteiger partial charge in [-0.15, -0.1) is 5.10 Å². The Hall–Kier alpha value is -1.01. The minimum Gasteiger partial charge on any atom is -0.379 e.